The van der Waals surface area contributed by atoms with E-state index in [9.17, 15) is 19.5 Å². The van der Waals surface area contributed by atoms with Gasteiger partial charge in [-0.25, -0.2) is 0 Å². The summed E-state index contributed by atoms with van der Waals surface area (Å²) in [6.07, 6.45) is 5.41. The van der Waals surface area contributed by atoms with Gasteiger partial charge in [0.05, 0.1) is 18.6 Å². The maximum absolute atomic E-state index is 13.2. The van der Waals surface area contributed by atoms with Crippen molar-refractivity contribution in [2.75, 3.05) is 19.8 Å². The molecule has 0 aliphatic heterocycles. The number of rotatable bonds is 16. The highest BCUT2D eigenvalue weighted by atomic mass is 16.5. The molecule has 0 bridgehead atoms. The van der Waals surface area contributed by atoms with E-state index in [1.807, 2.05) is 51.1 Å². The molecule has 0 aliphatic rings. The highest BCUT2D eigenvalue weighted by molar-refractivity contribution is 5.86. The maximum Gasteiger partial charge on any atom is 0.305 e. The summed E-state index contributed by atoms with van der Waals surface area (Å²) in [5, 5.41) is 12.4. The number of allylic oxidation sites excluding steroid dienone is 2. The predicted octanol–water partition coefficient (Wildman–Crippen LogP) is 4.02. The lowest BCUT2D eigenvalue weighted by atomic mass is 9.86. The third kappa shape index (κ3) is 11.9. The summed E-state index contributed by atoms with van der Waals surface area (Å²) in [6, 6.07) is 9.10. The van der Waals surface area contributed by atoms with Crippen LogP contribution >= 0.6 is 0 Å². The first-order chi connectivity index (χ1) is 16.6. The Morgan fingerprint density at radius 3 is 2.40 bits per heavy atom. The minimum Gasteiger partial charge on any atom is -0.463 e. The van der Waals surface area contributed by atoms with Gasteiger partial charge < -0.3 is 20.1 Å². The van der Waals surface area contributed by atoms with E-state index in [0.29, 0.717) is 25.8 Å². The number of unbranched alkanes of at least 4 members (excludes halogenated alkanes) is 1. The number of nitrogens with one attached hydrogen (secondary N) is 1. The third-order valence-electron chi connectivity index (χ3n) is 5.74. The van der Waals surface area contributed by atoms with Gasteiger partial charge in [-0.1, -0.05) is 63.3 Å². The van der Waals surface area contributed by atoms with Crippen LogP contribution in [-0.4, -0.2) is 53.6 Å². The van der Waals surface area contributed by atoms with Crippen molar-refractivity contribution in [1.82, 2.24) is 10.2 Å². The topological polar surface area (TPSA) is 95.9 Å². The van der Waals surface area contributed by atoms with Crippen molar-refractivity contribution >= 4 is 17.8 Å². The van der Waals surface area contributed by atoms with E-state index in [1.165, 1.54) is 0 Å². The molecule has 1 rings (SSSR count). The van der Waals surface area contributed by atoms with E-state index >= 15 is 0 Å². The Morgan fingerprint density at radius 1 is 1.14 bits per heavy atom. The summed E-state index contributed by atoms with van der Waals surface area (Å²) in [5.74, 6) is -1.44. The predicted molar refractivity (Wildman–Crippen MR) is 138 cm³/mol. The lowest BCUT2D eigenvalue weighted by Crippen LogP contribution is -2.49. The van der Waals surface area contributed by atoms with Gasteiger partial charge in [-0.05, 0) is 30.2 Å². The summed E-state index contributed by atoms with van der Waals surface area (Å²) < 4.78 is 5.42. The molecular formula is C28H42N2O5. The van der Waals surface area contributed by atoms with Crippen LogP contribution in [0.5, 0.6) is 0 Å². The molecule has 0 radical (unpaired) electrons. The molecule has 1 aromatic rings. The van der Waals surface area contributed by atoms with Crippen molar-refractivity contribution in [1.29, 1.82) is 0 Å². The molecule has 35 heavy (non-hydrogen) atoms. The van der Waals surface area contributed by atoms with Gasteiger partial charge in [-0.3, -0.25) is 14.4 Å². The minimum absolute atomic E-state index is 0.0110. The second-order valence-corrected chi connectivity index (χ2v) is 9.74. The Balaban J connectivity index is 2.84. The van der Waals surface area contributed by atoms with Crippen molar-refractivity contribution in [3.05, 3.63) is 61.2 Å². The first-order valence-electron chi connectivity index (χ1n) is 12.2. The van der Waals surface area contributed by atoms with E-state index in [-0.39, 0.29) is 49.4 Å². The van der Waals surface area contributed by atoms with E-state index in [0.717, 1.165) is 12.0 Å². The van der Waals surface area contributed by atoms with E-state index in [2.05, 4.69) is 18.5 Å². The van der Waals surface area contributed by atoms with Crippen LogP contribution in [0.4, 0.5) is 0 Å². The molecule has 194 valence electrons. The van der Waals surface area contributed by atoms with Crippen molar-refractivity contribution in [3.63, 3.8) is 0 Å². The quantitative estimate of drug-likeness (QED) is 0.209. The molecule has 2 N–H and O–H groups in total. The number of ether oxygens (including phenoxy) is 1. The number of nitrogens with zero attached hydrogens (tertiary/aromatic N) is 1. The SMILES string of the molecule is C=CCCCC(=O)OC[C@@H](NC(=O)[C@@H](CC=C)CC(=O)N(CCO)Cc1ccccc1)C(C)(C)C. The molecule has 0 saturated carbocycles. The number of esters is 1. The Bertz CT molecular complexity index is 816. The fraction of sp³-hybridized carbons (Fsp3) is 0.536. The maximum atomic E-state index is 13.2. The molecular weight excluding hydrogens is 444 g/mol. The van der Waals surface area contributed by atoms with Crippen molar-refractivity contribution in [2.45, 2.75) is 65.5 Å². The molecule has 0 aliphatic carbocycles. The molecule has 0 heterocycles. The van der Waals surface area contributed by atoms with Crippen LogP contribution < -0.4 is 5.32 Å². The number of carbonyl (C=O) groups excluding carboxylic acids is 3. The molecule has 0 aromatic heterocycles. The zero-order valence-corrected chi connectivity index (χ0v) is 21.5. The molecule has 2 amide bonds. The first kappa shape index (κ1) is 30.1. The molecule has 7 nitrogen and oxygen atoms in total. The van der Waals surface area contributed by atoms with Crippen molar-refractivity contribution in [3.8, 4) is 0 Å². The summed E-state index contributed by atoms with van der Waals surface area (Å²) in [7, 11) is 0. The molecule has 0 saturated heterocycles. The van der Waals surface area contributed by atoms with Crippen LogP contribution in [0, 0.1) is 11.3 Å². The molecule has 0 unspecified atom stereocenters. The number of amides is 2. The van der Waals surface area contributed by atoms with Crippen molar-refractivity contribution in [2.24, 2.45) is 11.3 Å². The van der Waals surface area contributed by atoms with E-state index < -0.39 is 12.0 Å². The van der Waals surface area contributed by atoms with Crippen LogP contribution in [0.2, 0.25) is 0 Å². The summed E-state index contributed by atoms with van der Waals surface area (Å²) in [6.45, 7) is 13.7. The zero-order chi connectivity index (χ0) is 26.3. The number of aliphatic hydroxyl groups excluding tert-OH is 1. The lowest BCUT2D eigenvalue weighted by molar-refractivity contribution is -0.146. The number of carbonyl (C=O) groups is 3. The van der Waals surface area contributed by atoms with E-state index in [4.69, 9.17) is 4.74 Å². The fourth-order valence-electron chi connectivity index (χ4n) is 3.48. The summed E-state index contributed by atoms with van der Waals surface area (Å²) in [5.41, 5.74) is 0.581. The van der Waals surface area contributed by atoms with Gasteiger partial charge in [0.15, 0.2) is 0 Å². The van der Waals surface area contributed by atoms with Crippen LogP contribution in [-0.2, 0) is 25.7 Å². The molecule has 7 heteroatoms. The van der Waals surface area contributed by atoms with Gasteiger partial charge in [0, 0.05) is 25.9 Å². The lowest BCUT2D eigenvalue weighted by Gasteiger charge is -2.32. The van der Waals surface area contributed by atoms with Crippen LogP contribution in [0.1, 0.15) is 58.4 Å². The molecule has 0 spiro atoms. The zero-order valence-electron chi connectivity index (χ0n) is 21.5. The van der Waals surface area contributed by atoms with Crippen LogP contribution in [0.25, 0.3) is 0 Å². The molecule has 1 aromatic carbocycles. The van der Waals surface area contributed by atoms with Crippen LogP contribution in [0.3, 0.4) is 0 Å². The van der Waals surface area contributed by atoms with Crippen molar-refractivity contribution < 1.29 is 24.2 Å². The number of benzene rings is 1. The van der Waals surface area contributed by atoms with Gasteiger partial charge in [0.2, 0.25) is 11.8 Å². The van der Waals surface area contributed by atoms with Gasteiger partial charge in [0.25, 0.3) is 0 Å². The van der Waals surface area contributed by atoms with Gasteiger partial charge >= 0.3 is 5.97 Å². The third-order valence-corrected chi connectivity index (χ3v) is 5.74. The van der Waals surface area contributed by atoms with Gasteiger partial charge in [-0.2, -0.15) is 0 Å². The summed E-state index contributed by atoms with van der Waals surface area (Å²) in [4.78, 5) is 39.9. The largest absolute Gasteiger partial charge is 0.463 e. The number of aliphatic hydroxyl groups is 1. The Kier molecular flexibility index (Phi) is 13.7. The standard InChI is InChI=1S/C28H42N2O5/c1-6-8-10-16-26(33)35-21-24(28(3,4)5)29-27(34)23(13-7-2)19-25(32)30(17-18-31)20-22-14-11-9-12-15-22/h6-7,9,11-12,14-15,23-24,31H,1-2,8,10,13,16-21H2,3-5H3,(H,29,34)/t23-,24+/m0/s1. The Labute approximate surface area is 210 Å². The minimum atomic E-state index is -0.620. The Hall–Kier alpha value is -2.93. The highest BCUT2D eigenvalue weighted by Crippen LogP contribution is 2.22. The normalized spacial score (nSPS) is 12.8. The average molecular weight is 487 g/mol. The second kappa shape index (κ2) is 15.9. The Morgan fingerprint density at radius 2 is 1.83 bits per heavy atom. The van der Waals surface area contributed by atoms with Gasteiger partial charge in [0.1, 0.15) is 6.61 Å². The average Bonchev–Trinajstić information content (AvgIpc) is 2.81. The van der Waals surface area contributed by atoms with Crippen LogP contribution in [0.15, 0.2) is 55.6 Å². The monoisotopic (exact) mass is 486 g/mol. The first-order valence-corrected chi connectivity index (χ1v) is 12.2. The second-order valence-electron chi connectivity index (χ2n) is 9.74. The molecule has 0 fully saturated rings. The van der Waals surface area contributed by atoms with E-state index in [1.54, 1.807) is 17.1 Å². The van der Waals surface area contributed by atoms with Gasteiger partial charge in [-0.15, -0.1) is 13.2 Å². The highest BCUT2D eigenvalue weighted by Gasteiger charge is 2.31. The molecule has 2 atom stereocenters. The fourth-order valence-corrected chi connectivity index (χ4v) is 3.48. The smallest absolute Gasteiger partial charge is 0.305 e. The number of hydrogen-bond acceptors (Lipinski definition) is 5. The number of hydrogen-bond donors (Lipinski definition) is 2. The summed E-state index contributed by atoms with van der Waals surface area (Å²) >= 11 is 0.